The molecule has 37 heavy (non-hydrogen) atoms. The predicted molar refractivity (Wildman–Crippen MR) is 148 cm³/mol. The van der Waals surface area contributed by atoms with E-state index in [1.165, 1.54) is 38.6 Å². The van der Waals surface area contributed by atoms with Crippen LogP contribution in [0.15, 0.2) is 91.0 Å². The lowest BCUT2D eigenvalue weighted by molar-refractivity contribution is 0.137. The molecule has 4 aromatic carbocycles. The van der Waals surface area contributed by atoms with Crippen LogP contribution in [0.5, 0.6) is 0 Å². The number of aryl methyl sites for hydroxylation is 1. The normalized spacial score (nSPS) is 18.7. The Morgan fingerprint density at radius 2 is 1.54 bits per heavy atom. The van der Waals surface area contributed by atoms with Gasteiger partial charge < -0.3 is 15.2 Å². The second-order valence-corrected chi connectivity index (χ2v) is 10.5. The largest absolute Gasteiger partial charge is 0.449 e. The van der Waals surface area contributed by atoms with Crippen molar-refractivity contribution >= 4 is 16.9 Å². The first-order valence-electron chi connectivity index (χ1n) is 13.4. The minimum atomic E-state index is -0.356. The Balaban J connectivity index is 1.12. The highest BCUT2D eigenvalue weighted by Gasteiger charge is 2.38. The first kappa shape index (κ1) is 23.7. The van der Waals surface area contributed by atoms with Gasteiger partial charge in [-0.3, -0.25) is 0 Å². The third-order valence-electron chi connectivity index (χ3n) is 8.20. The third kappa shape index (κ3) is 4.99. The molecule has 1 saturated carbocycles. The minimum absolute atomic E-state index is 0.0103. The number of ether oxygens (including phenoxy) is 1. The Labute approximate surface area is 218 Å². The highest BCUT2D eigenvalue weighted by atomic mass is 16.5. The number of hydrogen-bond donors (Lipinski definition) is 2. The fourth-order valence-electron chi connectivity index (χ4n) is 6.08. The van der Waals surface area contributed by atoms with Crippen LogP contribution in [0.2, 0.25) is 0 Å². The van der Waals surface area contributed by atoms with Crippen LogP contribution in [0.1, 0.15) is 41.9 Å². The maximum absolute atomic E-state index is 13.0. The van der Waals surface area contributed by atoms with Crippen LogP contribution < -0.4 is 5.32 Å². The molecule has 0 heterocycles. The SMILES string of the molecule is O=C(N[C@H](CCc1cccc2ccccc12)C[C@@H]1C[C@@H]1CO)OCC1c2ccccc2-c2ccccc21. The van der Waals surface area contributed by atoms with Crippen LogP contribution in [0, 0.1) is 11.8 Å². The van der Waals surface area contributed by atoms with Crippen molar-refractivity contribution in [1.29, 1.82) is 0 Å². The molecule has 0 saturated heterocycles. The quantitative estimate of drug-likeness (QED) is 0.274. The smallest absolute Gasteiger partial charge is 0.407 e. The molecule has 2 aliphatic carbocycles. The molecule has 1 fully saturated rings. The lowest BCUT2D eigenvalue weighted by Gasteiger charge is -2.21. The molecular formula is C33H33NO3. The van der Waals surface area contributed by atoms with E-state index >= 15 is 0 Å². The third-order valence-corrected chi connectivity index (χ3v) is 8.20. The van der Waals surface area contributed by atoms with Gasteiger partial charge in [-0.05, 0) is 76.1 Å². The zero-order chi connectivity index (χ0) is 25.2. The molecule has 0 bridgehead atoms. The van der Waals surface area contributed by atoms with E-state index < -0.39 is 0 Å². The molecule has 2 aliphatic rings. The molecule has 0 unspecified atom stereocenters. The molecule has 1 amide bonds. The number of carbonyl (C=O) groups excluding carboxylic acids is 1. The van der Waals surface area contributed by atoms with E-state index in [1.807, 2.05) is 12.1 Å². The van der Waals surface area contributed by atoms with E-state index in [0.717, 1.165) is 25.7 Å². The topological polar surface area (TPSA) is 58.6 Å². The monoisotopic (exact) mass is 491 g/mol. The maximum Gasteiger partial charge on any atom is 0.407 e. The zero-order valence-electron chi connectivity index (χ0n) is 21.0. The summed E-state index contributed by atoms with van der Waals surface area (Å²) in [6, 6.07) is 31.7. The average molecular weight is 492 g/mol. The van der Waals surface area contributed by atoms with Crippen molar-refractivity contribution in [3.05, 3.63) is 108 Å². The van der Waals surface area contributed by atoms with Gasteiger partial charge in [-0.25, -0.2) is 4.79 Å². The van der Waals surface area contributed by atoms with Gasteiger partial charge in [0.25, 0.3) is 0 Å². The van der Waals surface area contributed by atoms with Crippen molar-refractivity contribution in [2.24, 2.45) is 11.8 Å². The summed E-state index contributed by atoms with van der Waals surface area (Å²) in [5.41, 5.74) is 6.18. The number of amides is 1. The van der Waals surface area contributed by atoms with E-state index in [0.29, 0.717) is 18.4 Å². The van der Waals surface area contributed by atoms with Gasteiger partial charge >= 0.3 is 6.09 Å². The van der Waals surface area contributed by atoms with E-state index in [2.05, 4.69) is 84.2 Å². The molecule has 2 N–H and O–H groups in total. The van der Waals surface area contributed by atoms with Gasteiger partial charge in [-0.2, -0.15) is 0 Å². The first-order chi connectivity index (χ1) is 18.2. The lowest BCUT2D eigenvalue weighted by atomic mass is 9.96. The molecule has 0 aromatic heterocycles. The van der Waals surface area contributed by atoms with Crippen molar-refractivity contribution in [2.45, 2.75) is 37.6 Å². The number of rotatable bonds is 9. The highest BCUT2D eigenvalue weighted by Crippen LogP contribution is 2.45. The highest BCUT2D eigenvalue weighted by molar-refractivity contribution is 5.85. The number of nitrogens with one attached hydrogen (secondary N) is 1. The van der Waals surface area contributed by atoms with Crippen LogP contribution in [0.3, 0.4) is 0 Å². The molecule has 0 radical (unpaired) electrons. The van der Waals surface area contributed by atoms with Crippen LogP contribution in [0.4, 0.5) is 4.79 Å². The Kier molecular flexibility index (Phi) is 6.67. The molecule has 0 spiro atoms. The number of hydrogen-bond acceptors (Lipinski definition) is 3. The van der Waals surface area contributed by atoms with Crippen molar-refractivity contribution < 1.29 is 14.6 Å². The average Bonchev–Trinajstić information content (AvgIpc) is 3.62. The minimum Gasteiger partial charge on any atom is -0.449 e. The summed E-state index contributed by atoms with van der Waals surface area (Å²) < 4.78 is 5.85. The van der Waals surface area contributed by atoms with Gasteiger partial charge in [0.05, 0.1) is 0 Å². The molecule has 3 atom stereocenters. The van der Waals surface area contributed by atoms with E-state index in [4.69, 9.17) is 4.74 Å². The zero-order valence-corrected chi connectivity index (χ0v) is 21.0. The summed E-state index contributed by atoms with van der Waals surface area (Å²) in [5.74, 6) is 0.884. The van der Waals surface area contributed by atoms with Crippen molar-refractivity contribution in [2.75, 3.05) is 13.2 Å². The summed E-state index contributed by atoms with van der Waals surface area (Å²) in [4.78, 5) is 13.0. The summed E-state index contributed by atoms with van der Waals surface area (Å²) in [6.45, 7) is 0.546. The van der Waals surface area contributed by atoms with Gasteiger partial charge in [0.15, 0.2) is 0 Å². The standard InChI is InChI=1S/C33H33NO3/c35-20-25-18-24(25)19-26(17-16-23-10-7-9-22-8-1-2-11-27(22)23)34-33(36)37-21-32-30-14-5-3-12-28(30)29-13-4-6-15-31(29)32/h1-15,24-26,32,35H,16-21H2,(H,34,36)/t24-,25+,26+/m0/s1. The predicted octanol–water partition coefficient (Wildman–Crippen LogP) is 6.70. The van der Waals surface area contributed by atoms with Crippen LogP contribution in [-0.2, 0) is 11.2 Å². The fraction of sp³-hybridized carbons (Fsp3) is 0.303. The van der Waals surface area contributed by atoms with Crippen LogP contribution in [-0.4, -0.2) is 30.5 Å². The molecular weight excluding hydrogens is 458 g/mol. The van der Waals surface area contributed by atoms with E-state index in [-0.39, 0.29) is 24.7 Å². The van der Waals surface area contributed by atoms with Crippen molar-refractivity contribution in [3.8, 4) is 11.1 Å². The lowest BCUT2D eigenvalue weighted by Crippen LogP contribution is -2.37. The number of aliphatic hydroxyl groups excluding tert-OH is 1. The molecule has 0 aliphatic heterocycles. The van der Waals surface area contributed by atoms with Crippen LogP contribution >= 0.6 is 0 Å². The van der Waals surface area contributed by atoms with Gasteiger partial charge in [-0.15, -0.1) is 0 Å². The van der Waals surface area contributed by atoms with Gasteiger partial charge in [0.2, 0.25) is 0 Å². The van der Waals surface area contributed by atoms with Gasteiger partial charge in [0, 0.05) is 18.6 Å². The molecule has 6 rings (SSSR count). The van der Waals surface area contributed by atoms with Gasteiger partial charge in [-0.1, -0.05) is 91.0 Å². The molecule has 4 nitrogen and oxygen atoms in total. The van der Waals surface area contributed by atoms with Gasteiger partial charge in [0.1, 0.15) is 6.61 Å². The fourth-order valence-corrected chi connectivity index (χ4v) is 6.08. The molecule has 4 aromatic rings. The van der Waals surface area contributed by atoms with Crippen molar-refractivity contribution in [3.63, 3.8) is 0 Å². The number of fused-ring (bicyclic) bond motifs is 4. The summed E-state index contributed by atoms with van der Waals surface area (Å²) in [5, 5.41) is 15.2. The Hall–Kier alpha value is -3.63. The van der Waals surface area contributed by atoms with Crippen LogP contribution in [0.25, 0.3) is 21.9 Å². The maximum atomic E-state index is 13.0. The van der Waals surface area contributed by atoms with E-state index in [1.54, 1.807) is 0 Å². The first-order valence-corrected chi connectivity index (χ1v) is 13.4. The van der Waals surface area contributed by atoms with Crippen molar-refractivity contribution in [1.82, 2.24) is 5.32 Å². The number of carbonyl (C=O) groups is 1. The Bertz CT molecular complexity index is 1360. The molecule has 188 valence electrons. The second kappa shape index (κ2) is 10.4. The second-order valence-electron chi connectivity index (χ2n) is 10.5. The van der Waals surface area contributed by atoms with E-state index in [9.17, 15) is 9.90 Å². The Morgan fingerprint density at radius 1 is 0.865 bits per heavy atom. The molecule has 4 heteroatoms. The Morgan fingerprint density at radius 3 is 2.27 bits per heavy atom. The number of aliphatic hydroxyl groups is 1. The summed E-state index contributed by atoms with van der Waals surface area (Å²) in [7, 11) is 0. The number of benzene rings is 4. The summed E-state index contributed by atoms with van der Waals surface area (Å²) in [6.07, 6.45) is 3.28. The summed E-state index contributed by atoms with van der Waals surface area (Å²) >= 11 is 0. The number of alkyl carbamates (subject to hydrolysis) is 1.